The lowest BCUT2D eigenvalue weighted by Gasteiger charge is -2.26. The van der Waals surface area contributed by atoms with Gasteiger partial charge in [0.2, 0.25) is 5.91 Å². The van der Waals surface area contributed by atoms with Gasteiger partial charge in [-0.2, -0.15) is 5.10 Å². The largest absolute Gasteiger partial charge is 0.348 e. The minimum Gasteiger partial charge on any atom is -0.348 e. The predicted octanol–water partition coefficient (Wildman–Crippen LogP) is 1.32. The molecule has 128 valence electrons. The second kappa shape index (κ2) is 6.16. The second-order valence-corrected chi connectivity index (χ2v) is 6.39. The Labute approximate surface area is 144 Å². The zero-order valence-electron chi connectivity index (χ0n) is 14.0. The van der Waals surface area contributed by atoms with Crippen LogP contribution in [0.25, 0.3) is 11.0 Å². The highest BCUT2D eigenvalue weighted by Gasteiger charge is 2.21. The lowest BCUT2D eigenvalue weighted by atomic mass is 9.88. The number of hydrogen-bond acceptors (Lipinski definition) is 4. The van der Waals surface area contributed by atoms with Gasteiger partial charge in [0.05, 0.1) is 12.2 Å². The quantitative estimate of drug-likeness (QED) is 0.781. The van der Waals surface area contributed by atoms with Crippen molar-refractivity contribution >= 4 is 16.9 Å². The van der Waals surface area contributed by atoms with Crippen molar-refractivity contribution < 1.29 is 4.79 Å². The van der Waals surface area contributed by atoms with Crippen molar-refractivity contribution in [3.8, 4) is 0 Å². The second-order valence-electron chi connectivity index (χ2n) is 6.39. The van der Waals surface area contributed by atoms with Gasteiger partial charge < -0.3 is 5.32 Å². The van der Waals surface area contributed by atoms with E-state index in [2.05, 4.69) is 27.5 Å². The number of hydrogen-bond donors (Lipinski definition) is 1. The standard InChI is InChI=1S/C18H19N5O2/c1-22-17-14(9-20-22)18(25)23(11-19-17)10-16(24)21-15-8-4-6-12-5-2-3-7-13(12)15/h2-3,5,7,9,11,15H,4,6,8,10H2,1H3,(H,21,24)/t15-/m0/s1. The number of nitrogens with one attached hydrogen (secondary N) is 1. The molecule has 1 aromatic carbocycles. The summed E-state index contributed by atoms with van der Waals surface area (Å²) in [5.41, 5.74) is 2.73. The van der Waals surface area contributed by atoms with Crippen LogP contribution in [0.5, 0.6) is 0 Å². The number of benzene rings is 1. The van der Waals surface area contributed by atoms with Crippen LogP contribution in [0, 0.1) is 0 Å². The van der Waals surface area contributed by atoms with Crippen molar-refractivity contribution in [2.24, 2.45) is 7.05 Å². The van der Waals surface area contributed by atoms with E-state index < -0.39 is 0 Å². The molecule has 0 unspecified atom stereocenters. The lowest BCUT2D eigenvalue weighted by Crippen LogP contribution is -2.36. The molecule has 1 atom stereocenters. The maximum Gasteiger partial charge on any atom is 0.264 e. The molecule has 0 saturated carbocycles. The highest BCUT2D eigenvalue weighted by molar-refractivity contribution is 5.77. The van der Waals surface area contributed by atoms with Crippen molar-refractivity contribution in [1.82, 2.24) is 24.6 Å². The summed E-state index contributed by atoms with van der Waals surface area (Å²) >= 11 is 0. The van der Waals surface area contributed by atoms with Crippen LogP contribution in [0.4, 0.5) is 0 Å². The minimum atomic E-state index is -0.253. The molecular weight excluding hydrogens is 318 g/mol. The van der Waals surface area contributed by atoms with Gasteiger partial charge in [0.15, 0.2) is 5.65 Å². The van der Waals surface area contributed by atoms with E-state index in [0.717, 1.165) is 19.3 Å². The maximum absolute atomic E-state index is 12.5. The molecule has 0 radical (unpaired) electrons. The topological polar surface area (TPSA) is 81.8 Å². The molecule has 0 aliphatic heterocycles. The van der Waals surface area contributed by atoms with Gasteiger partial charge in [0, 0.05) is 7.05 Å². The number of fused-ring (bicyclic) bond motifs is 2. The summed E-state index contributed by atoms with van der Waals surface area (Å²) in [5, 5.41) is 7.51. The molecule has 1 aliphatic carbocycles. The zero-order valence-corrected chi connectivity index (χ0v) is 14.0. The first-order valence-corrected chi connectivity index (χ1v) is 8.38. The molecule has 25 heavy (non-hydrogen) atoms. The number of amides is 1. The van der Waals surface area contributed by atoms with Crippen molar-refractivity contribution in [1.29, 1.82) is 0 Å². The summed E-state index contributed by atoms with van der Waals surface area (Å²) in [6.07, 6.45) is 5.89. The van der Waals surface area contributed by atoms with Crippen LogP contribution in [-0.2, 0) is 24.8 Å². The highest BCUT2D eigenvalue weighted by Crippen LogP contribution is 2.29. The van der Waals surface area contributed by atoms with Crippen molar-refractivity contribution in [3.63, 3.8) is 0 Å². The molecule has 4 rings (SSSR count). The molecule has 0 fully saturated rings. The van der Waals surface area contributed by atoms with Gasteiger partial charge in [0.1, 0.15) is 18.3 Å². The third-order valence-electron chi connectivity index (χ3n) is 4.74. The number of aromatic nitrogens is 4. The van der Waals surface area contributed by atoms with E-state index in [4.69, 9.17) is 0 Å². The zero-order chi connectivity index (χ0) is 17.4. The third-order valence-corrected chi connectivity index (χ3v) is 4.74. The Hall–Kier alpha value is -2.96. The molecule has 0 spiro atoms. The average Bonchev–Trinajstić information content (AvgIpc) is 2.99. The van der Waals surface area contributed by atoms with Crippen LogP contribution in [0.1, 0.15) is 30.0 Å². The fourth-order valence-corrected chi connectivity index (χ4v) is 3.48. The van der Waals surface area contributed by atoms with Crippen LogP contribution in [0.3, 0.4) is 0 Å². The summed E-state index contributed by atoms with van der Waals surface area (Å²) in [5.74, 6) is -0.186. The summed E-state index contributed by atoms with van der Waals surface area (Å²) < 4.78 is 2.87. The van der Waals surface area contributed by atoms with Crippen LogP contribution in [0.15, 0.2) is 41.6 Å². The van der Waals surface area contributed by atoms with Gasteiger partial charge >= 0.3 is 0 Å². The van der Waals surface area contributed by atoms with Gasteiger partial charge in [-0.05, 0) is 30.4 Å². The Bertz CT molecular complexity index is 1000. The Morgan fingerprint density at radius 2 is 2.20 bits per heavy atom. The van der Waals surface area contributed by atoms with Crippen molar-refractivity contribution in [2.75, 3.05) is 0 Å². The van der Waals surface area contributed by atoms with Gasteiger partial charge in [-0.15, -0.1) is 0 Å². The van der Waals surface area contributed by atoms with Crippen LogP contribution < -0.4 is 10.9 Å². The smallest absolute Gasteiger partial charge is 0.264 e. The van der Waals surface area contributed by atoms with Crippen LogP contribution in [0.2, 0.25) is 0 Å². The minimum absolute atomic E-state index is 0.00299. The van der Waals surface area contributed by atoms with Gasteiger partial charge in [-0.1, -0.05) is 24.3 Å². The van der Waals surface area contributed by atoms with E-state index in [1.807, 2.05) is 12.1 Å². The number of carbonyl (C=O) groups is 1. The first kappa shape index (κ1) is 15.6. The van der Waals surface area contributed by atoms with Crippen molar-refractivity contribution in [3.05, 3.63) is 58.3 Å². The Morgan fingerprint density at radius 1 is 1.36 bits per heavy atom. The third kappa shape index (κ3) is 2.82. The summed E-state index contributed by atoms with van der Waals surface area (Å²) in [7, 11) is 1.73. The first-order chi connectivity index (χ1) is 12.1. The Morgan fingerprint density at radius 3 is 3.08 bits per heavy atom. The lowest BCUT2D eigenvalue weighted by molar-refractivity contribution is -0.122. The van der Waals surface area contributed by atoms with E-state index in [0.29, 0.717) is 11.0 Å². The number of aryl methyl sites for hydroxylation is 2. The number of nitrogens with zero attached hydrogens (tertiary/aromatic N) is 4. The molecule has 1 amide bonds. The fourth-order valence-electron chi connectivity index (χ4n) is 3.48. The molecule has 2 heterocycles. The average molecular weight is 337 g/mol. The molecular formula is C18H19N5O2. The maximum atomic E-state index is 12.5. The Balaban J connectivity index is 1.54. The molecule has 3 aromatic rings. The summed E-state index contributed by atoms with van der Waals surface area (Å²) in [4.78, 5) is 29.1. The van der Waals surface area contributed by atoms with E-state index in [9.17, 15) is 9.59 Å². The van der Waals surface area contributed by atoms with Gasteiger partial charge in [-0.3, -0.25) is 18.8 Å². The normalized spacial score (nSPS) is 16.6. The van der Waals surface area contributed by atoms with E-state index in [1.54, 1.807) is 11.7 Å². The summed E-state index contributed by atoms with van der Waals surface area (Å²) in [6, 6.07) is 8.20. The molecule has 0 bridgehead atoms. The highest BCUT2D eigenvalue weighted by atomic mass is 16.2. The first-order valence-electron chi connectivity index (χ1n) is 8.38. The van der Waals surface area contributed by atoms with E-state index in [-0.39, 0.29) is 24.1 Å². The van der Waals surface area contributed by atoms with E-state index in [1.165, 1.54) is 28.2 Å². The Kier molecular flexibility index (Phi) is 3.83. The van der Waals surface area contributed by atoms with Crippen LogP contribution >= 0.6 is 0 Å². The number of carbonyl (C=O) groups excluding carboxylic acids is 1. The molecule has 7 heteroatoms. The molecule has 1 N–H and O–H groups in total. The predicted molar refractivity (Wildman–Crippen MR) is 93.0 cm³/mol. The van der Waals surface area contributed by atoms with Gasteiger partial charge in [-0.25, -0.2) is 4.98 Å². The SMILES string of the molecule is Cn1ncc2c(=O)n(CC(=O)N[C@H]3CCCc4ccccc43)cnc21. The fraction of sp³-hybridized carbons (Fsp3) is 0.333. The molecule has 7 nitrogen and oxygen atoms in total. The van der Waals surface area contributed by atoms with Gasteiger partial charge in [0.25, 0.3) is 5.56 Å². The molecule has 0 saturated heterocycles. The molecule has 1 aliphatic rings. The number of rotatable bonds is 3. The van der Waals surface area contributed by atoms with Crippen LogP contribution in [-0.4, -0.2) is 25.2 Å². The van der Waals surface area contributed by atoms with Crippen molar-refractivity contribution in [2.45, 2.75) is 31.8 Å². The van der Waals surface area contributed by atoms with E-state index >= 15 is 0 Å². The summed E-state index contributed by atoms with van der Waals surface area (Å²) in [6.45, 7) is -0.0463. The monoisotopic (exact) mass is 337 g/mol. The molecule has 2 aromatic heterocycles.